The van der Waals surface area contributed by atoms with Crippen molar-refractivity contribution in [2.24, 2.45) is 5.92 Å². The molecule has 0 saturated carbocycles. The highest BCUT2D eigenvalue weighted by Crippen LogP contribution is 2.20. The average Bonchev–Trinajstić information content (AvgIpc) is 2.53. The smallest absolute Gasteiger partial charge is 0.310 e. The lowest BCUT2D eigenvalue weighted by atomic mass is 10.1. The molecule has 26 heavy (non-hydrogen) atoms. The molecule has 0 spiro atoms. The van der Waals surface area contributed by atoms with E-state index in [0.29, 0.717) is 6.54 Å². The van der Waals surface area contributed by atoms with Crippen LogP contribution in [0.5, 0.6) is 5.75 Å². The third kappa shape index (κ3) is 7.49. The first-order valence-corrected chi connectivity index (χ1v) is 9.89. The second-order valence-electron chi connectivity index (χ2n) is 6.26. The van der Waals surface area contributed by atoms with Gasteiger partial charge >= 0.3 is 5.97 Å². The van der Waals surface area contributed by atoms with Gasteiger partial charge in [0.2, 0.25) is 0 Å². The van der Waals surface area contributed by atoms with Crippen LogP contribution in [0.1, 0.15) is 44.0 Å². The normalized spacial score (nSPS) is 11.5. The first-order chi connectivity index (χ1) is 12.0. The zero-order valence-corrected chi connectivity index (χ0v) is 15.9. The Labute approximate surface area is 152 Å². The molecule has 0 aliphatic rings. The fourth-order valence-corrected chi connectivity index (χ4v) is 2.74. The highest BCUT2D eigenvalue weighted by Gasteiger charge is 2.20. The molecule has 146 valence electrons. The van der Waals surface area contributed by atoms with E-state index in [9.17, 15) is 22.4 Å². The summed E-state index contributed by atoms with van der Waals surface area (Å²) in [6.45, 7) is 5.80. The van der Waals surface area contributed by atoms with Gasteiger partial charge < -0.3 is 9.64 Å². The molecule has 9 heteroatoms. The summed E-state index contributed by atoms with van der Waals surface area (Å²) in [6, 6.07) is 3.54. The molecule has 0 fully saturated rings. The molecule has 1 aromatic carbocycles. The maximum Gasteiger partial charge on any atom is 0.310 e. The van der Waals surface area contributed by atoms with Crippen molar-refractivity contribution in [2.45, 2.75) is 33.6 Å². The van der Waals surface area contributed by atoms with Crippen molar-refractivity contribution in [3.05, 3.63) is 29.6 Å². The van der Waals surface area contributed by atoms with Crippen molar-refractivity contribution in [1.29, 1.82) is 0 Å². The van der Waals surface area contributed by atoms with Gasteiger partial charge in [-0.3, -0.25) is 14.1 Å². The number of hydrogen-bond donors (Lipinski definition) is 1. The van der Waals surface area contributed by atoms with Gasteiger partial charge in [0.1, 0.15) is 0 Å². The quantitative estimate of drug-likeness (QED) is 0.396. The summed E-state index contributed by atoms with van der Waals surface area (Å²) in [5.74, 6) is -2.50. The van der Waals surface area contributed by atoms with Crippen LogP contribution < -0.4 is 4.74 Å². The maximum atomic E-state index is 14.1. The number of benzene rings is 1. The SMILES string of the molecule is CCC(=O)Oc1ccc(C(=O)N(CCCS(=O)(=O)O)CC(C)C)cc1F. The summed E-state index contributed by atoms with van der Waals surface area (Å²) in [7, 11) is -4.11. The Hall–Kier alpha value is -2.00. The summed E-state index contributed by atoms with van der Waals surface area (Å²) in [6.07, 6.45) is 0.155. The van der Waals surface area contributed by atoms with Crippen molar-refractivity contribution in [1.82, 2.24) is 4.90 Å². The summed E-state index contributed by atoms with van der Waals surface area (Å²) in [5.41, 5.74) is 0.0614. The third-order valence-electron chi connectivity index (χ3n) is 3.39. The summed E-state index contributed by atoms with van der Waals surface area (Å²) >= 11 is 0. The molecule has 0 aliphatic heterocycles. The number of rotatable bonds is 9. The zero-order valence-electron chi connectivity index (χ0n) is 15.1. The Morgan fingerprint density at radius 1 is 1.31 bits per heavy atom. The fraction of sp³-hybridized carbons (Fsp3) is 0.529. The first kappa shape index (κ1) is 22.0. The van der Waals surface area contributed by atoms with E-state index in [4.69, 9.17) is 9.29 Å². The van der Waals surface area contributed by atoms with Crippen LogP contribution in [0.4, 0.5) is 4.39 Å². The van der Waals surface area contributed by atoms with Crippen LogP contribution in [0.25, 0.3) is 0 Å². The van der Waals surface area contributed by atoms with Gasteiger partial charge in [0.15, 0.2) is 11.6 Å². The number of esters is 1. The van der Waals surface area contributed by atoms with Crippen molar-refractivity contribution >= 4 is 22.0 Å². The molecule has 0 aromatic heterocycles. The van der Waals surface area contributed by atoms with Crippen LogP contribution in [0.3, 0.4) is 0 Å². The van der Waals surface area contributed by atoms with Crippen LogP contribution in [-0.2, 0) is 14.9 Å². The molecule has 0 aliphatic carbocycles. The first-order valence-electron chi connectivity index (χ1n) is 8.28. The monoisotopic (exact) mass is 389 g/mol. The molecule has 0 radical (unpaired) electrons. The minimum atomic E-state index is -4.11. The second kappa shape index (κ2) is 9.63. The Bertz CT molecular complexity index is 748. The Balaban J connectivity index is 2.92. The third-order valence-corrected chi connectivity index (χ3v) is 4.20. The zero-order chi connectivity index (χ0) is 19.9. The van der Waals surface area contributed by atoms with Crippen LogP contribution in [0.15, 0.2) is 18.2 Å². The molecule has 1 N–H and O–H groups in total. The Kier molecular flexibility index (Phi) is 8.16. The predicted molar refractivity (Wildman–Crippen MR) is 94.1 cm³/mol. The van der Waals surface area contributed by atoms with E-state index < -0.39 is 33.6 Å². The highest BCUT2D eigenvalue weighted by atomic mass is 32.2. The molecule has 1 rings (SSSR count). The largest absolute Gasteiger partial charge is 0.423 e. The van der Waals surface area contributed by atoms with Crippen LogP contribution in [-0.4, -0.2) is 48.6 Å². The van der Waals surface area contributed by atoms with E-state index in [2.05, 4.69) is 0 Å². The molecular weight excluding hydrogens is 365 g/mol. The van der Waals surface area contributed by atoms with E-state index in [1.807, 2.05) is 13.8 Å². The van der Waals surface area contributed by atoms with E-state index in [0.717, 1.165) is 6.07 Å². The number of ether oxygens (including phenoxy) is 1. The van der Waals surface area contributed by atoms with Gasteiger partial charge in [0.05, 0.1) is 5.75 Å². The van der Waals surface area contributed by atoms with Crippen LogP contribution >= 0.6 is 0 Å². The van der Waals surface area contributed by atoms with Gasteiger partial charge in [-0.2, -0.15) is 8.42 Å². The minimum Gasteiger partial charge on any atom is -0.423 e. The topological polar surface area (TPSA) is 101 Å². The van der Waals surface area contributed by atoms with Crippen molar-refractivity contribution in [2.75, 3.05) is 18.8 Å². The lowest BCUT2D eigenvalue weighted by Gasteiger charge is -2.24. The maximum absolute atomic E-state index is 14.1. The van der Waals surface area contributed by atoms with Crippen LogP contribution in [0.2, 0.25) is 0 Å². The average molecular weight is 389 g/mol. The number of carbonyl (C=O) groups excluding carboxylic acids is 2. The molecular formula is C17H24FNO6S. The van der Waals surface area contributed by atoms with E-state index >= 15 is 0 Å². The second-order valence-corrected chi connectivity index (χ2v) is 7.83. The lowest BCUT2D eigenvalue weighted by molar-refractivity contribution is -0.134. The van der Waals surface area contributed by atoms with Crippen LogP contribution in [0, 0.1) is 11.7 Å². The van der Waals surface area contributed by atoms with Gasteiger partial charge in [-0.15, -0.1) is 0 Å². The van der Waals surface area contributed by atoms with Gasteiger partial charge in [-0.1, -0.05) is 20.8 Å². The molecule has 0 saturated heterocycles. The molecule has 0 heterocycles. The van der Waals surface area contributed by atoms with E-state index in [-0.39, 0.29) is 36.6 Å². The number of carbonyl (C=O) groups is 2. The van der Waals surface area contributed by atoms with E-state index in [1.165, 1.54) is 17.0 Å². The van der Waals surface area contributed by atoms with Gasteiger partial charge in [0, 0.05) is 25.1 Å². The standard InChI is InChI=1S/C17H24FNO6S/c1-4-16(20)25-15-7-6-13(10-14(15)18)17(21)19(11-12(2)3)8-5-9-26(22,23)24/h6-7,10,12H,4-5,8-9,11H2,1-3H3,(H,22,23,24). The number of nitrogens with zero attached hydrogens (tertiary/aromatic N) is 1. The highest BCUT2D eigenvalue weighted by molar-refractivity contribution is 7.85. The summed E-state index contributed by atoms with van der Waals surface area (Å²) < 4.78 is 49.4. The van der Waals surface area contributed by atoms with Crippen molar-refractivity contribution < 1.29 is 31.7 Å². The molecule has 1 aromatic rings. The summed E-state index contributed by atoms with van der Waals surface area (Å²) in [4.78, 5) is 25.3. The molecule has 7 nitrogen and oxygen atoms in total. The molecule has 1 amide bonds. The number of hydrogen-bond acceptors (Lipinski definition) is 5. The molecule has 0 atom stereocenters. The number of halogens is 1. The molecule has 0 bridgehead atoms. The lowest BCUT2D eigenvalue weighted by Crippen LogP contribution is -2.35. The van der Waals surface area contributed by atoms with Crippen molar-refractivity contribution in [3.8, 4) is 5.75 Å². The fourth-order valence-electron chi connectivity index (χ4n) is 2.25. The number of amides is 1. The summed E-state index contributed by atoms with van der Waals surface area (Å²) in [5, 5.41) is 0. The Morgan fingerprint density at radius 2 is 1.96 bits per heavy atom. The van der Waals surface area contributed by atoms with Gasteiger partial charge in [0.25, 0.3) is 16.0 Å². The van der Waals surface area contributed by atoms with Gasteiger partial charge in [-0.25, -0.2) is 4.39 Å². The predicted octanol–water partition coefficient (Wildman–Crippen LogP) is 2.52. The van der Waals surface area contributed by atoms with Gasteiger partial charge in [-0.05, 0) is 30.5 Å². The minimum absolute atomic E-state index is 0.0614. The molecule has 0 unspecified atom stereocenters. The van der Waals surface area contributed by atoms with E-state index in [1.54, 1.807) is 6.92 Å². The van der Waals surface area contributed by atoms with Crippen molar-refractivity contribution in [3.63, 3.8) is 0 Å². The Morgan fingerprint density at radius 3 is 2.46 bits per heavy atom.